The van der Waals surface area contributed by atoms with Gasteiger partial charge in [0.05, 0.1) is 4.90 Å². The smallest absolute Gasteiger partial charge is 0.243 e. The molecular formula is C18H24N2O3S. The van der Waals surface area contributed by atoms with Gasteiger partial charge in [-0.25, -0.2) is 8.42 Å². The molecule has 1 saturated heterocycles. The summed E-state index contributed by atoms with van der Waals surface area (Å²) >= 11 is 0. The lowest BCUT2D eigenvalue weighted by molar-refractivity contribution is -0.138. The molecular weight excluding hydrogens is 324 g/mol. The number of nitrogens with zero attached hydrogens (tertiary/aromatic N) is 2. The summed E-state index contributed by atoms with van der Waals surface area (Å²) in [4.78, 5) is 15.0. The van der Waals surface area contributed by atoms with E-state index in [2.05, 4.69) is 0 Å². The van der Waals surface area contributed by atoms with Crippen molar-refractivity contribution >= 4 is 15.9 Å². The Morgan fingerprint density at radius 3 is 2.25 bits per heavy atom. The summed E-state index contributed by atoms with van der Waals surface area (Å²) in [6, 6.07) is 8.54. The van der Waals surface area contributed by atoms with Crippen molar-refractivity contribution in [3.05, 3.63) is 30.3 Å². The Kier molecular flexibility index (Phi) is 4.12. The van der Waals surface area contributed by atoms with Crippen molar-refractivity contribution in [2.75, 3.05) is 26.2 Å². The summed E-state index contributed by atoms with van der Waals surface area (Å²) in [5.41, 5.74) is 0. The van der Waals surface area contributed by atoms with Gasteiger partial charge in [-0.2, -0.15) is 4.31 Å². The summed E-state index contributed by atoms with van der Waals surface area (Å²) in [6.45, 7) is 1.81. The van der Waals surface area contributed by atoms with Crippen molar-refractivity contribution in [1.29, 1.82) is 0 Å². The Balaban J connectivity index is 1.39. The lowest BCUT2D eigenvalue weighted by Gasteiger charge is -2.36. The molecule has 0 spiro atoms. The first-order chi connectivity index (χ1) is 11.6. The predicted molar refractivity (Wildman–Crippen MR) is 90.7 cm³/mol. The van der Waals surface area contributed by atoms with E-state index >= 15 is 0 Å². The third-order valence-electron chi connectivity index (χ3n) is 5.99. The molecule has 1 aliphatic heterocycles. The molecule has 3 atom stereocenters. The Morgan fingerprint density at radius 2 is 1.67 bits per heavy atom. The molecule has 0 aromatic heterocycles. The van der Waals surface area contributed by atoms with E-state index in [1.54, 1.807) is 24.3 Å². The number of piperazine rings is 1. The lowest BCUT2D eigenvalue weighted by atomic mass is 9.87. The van der Waals surface area contributed by atoms with Gasteiger partial charge in [-0.1, -0.05) is 24.6 Å². The zero-order valence-electron chi connectivity index (χ0n) is 13.8. The summed E-state index contributed by atoms with van der Waals surface area (Å²) in [6.07, 6.45) is 4.76. The van der Waals surface area contributed by atoms with Crippen LogP contribution in [0.5, 0.6) is 0 Å². The van der Waals surface area contributed by atoms with Crippen molar-refractivity contribution in [3.63, 3.8) is 0 Å². The molecule has 0 radical (unpaired) electrons. The fraction of sp³-hybridized carbons (Fsp3) is 0.611. The SMILES string of the molecule is O=C(C1CC2CCC1C2)N1CCN(S(=O)(=O)c2ccccc2)CC1. The van der Waals surface area contributed by atoms with Gasteiger partial charge in [0.15, 0.2) is 0 Å². The average Bonchev–Trinajstić information content (AvgIpc) is 3.25. The van der Waals surface area contributed by atoms with Crippen LogP contribution in [-0.2, 0) is 14.8 Å². The molecule has 1 aromatic carbocycles. The first kappa shape index (κ1) is 16.1. The molecule has 24 heavy (non-hydrogen) atoms. The topological polar surface area (TPSA) is 57.7 Å². The van der Waals surface area contributed by atoms with E-state index in [1.165, 1.54) is 23.6 Å². The maximum atomic E-state index is 12.8. The second-order valence-electron chi connectivity index (χ2n) is 7.32. The summed E-state index contributed by atoms with van der Waals surface area (Å²) in [5.74, 6) is 1.79. The number of hydrogen-bond acceptors (Lipinski definition) is 3. The fourth-order valence-electron chi connectivity index (χ4n) is 4.67. The predicted octanol–water partition coefficient (Wildman–Crippen LogP) is 1.96. The van der Waals surface area contributed by atoms with Gasteiger partial charge in [-0.15, -0.1) is 0 Å². The number of carbonyl (C=O) groups excluding carboxylic acids is 1. The van der Waals surface area contributed by atoms with Crippen molar-refractivity contribution in [2.45, 2.75) is 30.6 Å². The van der Waals surface area contributed by atoms with E-state index in [0.29, 0.717) is 37.0 Å². The molecule has 3 aliphatic rings. The van der Waals surface area contributed by atoms with Crippen LogP contribution in [0.15, 0.2) is 35.2 Å². The van der Waals surface area contributed by atoms with Crippen molar-refractivity contribution in [2.24, 2.45) is 17.8 Å². The Labute approximate surface area is 143 Å². The first-order valence-corrected chi connectivity index (χ1v) is 10.3. The second kappa shape index (κ2) is 6.15. The largest absolute Gasteiger partial charge is 0.340 e. The van der Waals surface area contributed by atoms with Gasteiger partial charge < -0.3 is 4.90 Å². The highest BCUT2D eigenvalue weighted by Crippen LogP contribution is 2.48. The number of benzene rings is 1. The third kappa shape index (κ3) is 2.75. The highest BCUT2D eigenvalue weighted by Gasteiger charge is 2.45. The van der Waals surface area contributed by atoms with Crippen LogP contribution in [0.25, 0.3) is 0 Å². The molecule has 2 bridgehead atoms. The number of fused-ring (bicyclic) bond motifs is 2. The number of amides is 1. The maximum Gasteiger partial charge on any atom is 0.243 e. The molecule has 2 aliphatic carbocycles. The molecule has 130 valence electrons. The quantitative estimate of drug-likeness (QED) is 0.839. The van der Waals surface area contributed by atoms with E-state index in [4.69, 9.17) is 0 Å². The minimum Gasteiger partial charge on any atom is -0.340 e. The molecule has 5 nitrogen and oxygen atoms in total. The molecule has 3 fully saturated rings. The van der Waals surface area contributed by atoms with Crippen LogP contribution < -0.4 is 0 Å². The van der Waals surface area contributed by atoms with Crippen LogP contribution in [-0.4, -0.2) is 49.7 Å². The van der Waals surface area contributed by atoms with Gasteiger partial charge in [0.25, 0.3) is 0 Å². The zero-order valence-corrected chi connectivity index (χ0v) is 14.6. The van der Waals surface area contributed by atoms with Gasteiger partial charge in [-0.3, -0.25) is 4.79 Å². The highest BCUT2D eigenvalue weighted by molar-refractivity contribution is 7.89. The van der Waals surface area contributed by atoms with Gasteiger partial charge in [0.2, 0.25) is 15.9 Å². The average molecular weight is 348 g/mol. The minimum atomic E-state index is -3.44. The normalized spacial score (nSPS) is 30.7. The Bertz CT molecular complexity index is 711. The minimum absolute atomic E-state index is 0.195. The monoisotopic (exact) mass is 348 g/mol. The van der Waals surface area contributed by atoms with Crippen LogP contribution >= 0.6 is 0 Å². The van der Waals surface area contributed by atoms with Crippen LogP contribution in [0.4, 0.5) is 0 Å². The second-order valence-corrected chi connectivity index (χ2v) is 9.26. The van der Waals surface area contributed by atoms with E-state index < -0.39 is 10.0 Å². The summed E-state index contributed by atoms with van der Waals surface area (Å²) in [5, 5.41) is 0. The number of hydrogen-bond donors (Lipinski definition) is 0. The summed E-state index contributed by atoms with van der Waals surface area (Å²) in [7, 11) is -3.44. The van der Waals surface area contributed by atoms with Crippen molar-refractivity contribution in [1.82, 2.24) is 9.21 Å². The number of carbonyl (C=O) groups is 1. The highest BCUT2D eigenvalue weighted by atomic mass is 32.2. The molecule has 0 N–H and O–H groups in total. The van der Waals surface area contributed by atoms with Crippen LogP contribution in [0, 0.1) is 17.8 Å². The van der Waals surface area contributed by atoms with Gasteiger partial charge in [0, 0.05) is 32.1 Å². The van der Waals surface area contributed by atoms with Crippen LogP contribution in [0.2, 0.25) is 0 Å². The van der Waals surface area contributed by atoms with E-state index in [0.717, 1.165) is 12.3 Å². The summed E-state index contributed by atoms with van der Waals surface area (Å²) < 4.78 is 26.8. The molecule has 6 heteroatoms. The van der Waals surface area contributed by atoms with Crippen LogP contribution in [0.1, 0.15) is 25.7 Å². The van der Waals surface area contributed by atoms with Crippen molar-refractivity contribution < 1.29 is 13.2 Å². The van der Waals surface area contributed by atoms with Gasteiger partial charge >= 0.3 is 0 Å². The lowest BCUT2D eigenvalue weighted by Crippen LogP contribution is -2.52. The molecule has 1 aromatic rings. The van der Waals surface area contributed by atoms with E-state index in [9.17, 15) is 13.2 Å². The fourth-order valence-corrected chi connectivity index (χ4v) is 6.12. The maximum absolute atomic E-state index is 12.8. The zero-order chi connectivity index (χ0) is 16.7. The first-order valence-electron chi connectivity index (χ1n) is 8.89. The molecule has 1 heterocycles. The molecule has 4 rings (SSSR count). The van der Waals surface area contributed by atoms with Crippen molar-refractivity contribution in [3.8, 4) is 0 Å². The van der Waals surface area contributed by atoms with Crippen LogP contribution in [0.3, 0.4) is 0 Å². The van der Waals surface area contributed by atoms with E-state index in [-0.39, 0.29) is 11.8 Å². The Hall–Kier alpha value is -1.40. The third-order valence-corrected chi connectivity index (χ3v) is 7.90. The molecule has 3 unspecified atom stereocenters. The molecule has 1 amide bonds. The number of sulfonamides is 1. The van der Waals surface area contributed by atoms with E-state index in [1.807, 2.05) is 11.0 Å². The standard InChI is InChI=1S/C18H24N2O3S/c21-18(17-13-14-6-7-15(17)12-14)19-8-10-20(11-9-19)24(22,23)16-4-2-1-3-5-16/h1-5,14-15,17H,6-13H2. The number of rotatable bonds is 3. The molecule has 2 saturated carbocycles. The van der Waals surface area contributed by atoms with Gasteiger partial charge in [0.1, 0.15) is 0 Å². The van der Waals surface area contributed by atoms with Gasteiger partial charge in [-0.05, 0) is 43.2 Å². The Morgan fingerprint density at radius 1 is 0.958 bits per heavy atom.